The smallest absolute Gasteiger partial charge is 0.274 e. The number of halogens is 2. The molecule has 0 radical (unpaired) electrons. The van der Waals surface area contributed by atoms with Crippen molar-refractivity contribution in [1.29, 1.82) is 0 Å². The van der Waals surface area contributed by atoms with Crippen molar-refractivity contribution in [3.63, 3.8) is 0 Å². The first-order valence-corrected chi connectivity index (χ1v) is 4.70. The fourth-order valence-corrected chi connectivity index (χ4v) is 1.18. The third-order valence-electron chi connectivity index (χ3n) is 1.65. The van der Waals surface area contributed by atoms with Crippen molar-refractivity contribution in [2.75, 3.05) is 6.61 Å². The van der Waals surface area contributed by atoms with Crippen LogP contribution in [0.2, 0.25) is 5.02 Å². The zero-order valence-electron chi connectivity index (χ0n) is 8.00. The summed E-state index contributed by atoms with van der Waals surface area (Å²) in [6, 6.07) is 1.98. The SMILES string of the molecule is CCCOc1cc([N+](=O)[O-])cc(Cl)c1F. The van der Waals surface area contributed by atoms with E-state index >= 15 is 0 Å². The van der Waals surface area contributed by atoms with Gasteiger partial charge >= 0.3 is 0 Å². The average molecular weight is 234 g/mol. The lowest BCUT2D eigenvalue weighted by atomic mass is 10.3. The molecule has 6 heteroatoms. The minimum Gasteiger partial charge on any atom is -0.490 e. The highest BCUT2D eigenvalue weighted by atomic mass is 35.5. The Hall–Kier alpha value is -1.36. The average Bonchev–Trinajstić information content (AvgIpc) is 2.19. The molecule has 0 heterocycles. The van der Waals surface area contributed by atoms with Crippen LogP contribution in [0.25, 0.3) is 0 Å². The third-order valence-corrected chi connectivity index (χ3v) is 1.93. The van der Waals surface area contributed by atoms with E-state index in [1.54, 1.807) is 0 Å². The van der Waals surface area contributed by atoms with E-state index in [0.29, 0.717) is 6.42 Å². The molecule has 0 spiro atoms. The van der Waals surface area contributed by atoms with E-state index in [0.717, 1.165) is 12.1 Å². The zero-order chi connectivity index (χ0) is 11.4. The van der Waals surface area contributed by atoms with Crippen LogP contribution in [0.3, 0.4) is 0 Å². The molecular weight excluding hydrogens is 225 g/mol. The van der Waals surface area contributed by atoms with Gasteiger partial charge in [-0.25, -0.2) is 4.39 Å². The van der Waals surface area contributed by atoms with Crippen LogP contribution < -0.4 is 4.74 Å². The first-order valence-electron chi connectivity index (χ1n) is 4.32. The highest BCUT2D eigenvalue weighted by Crippen LogP contribution is 2.30. The van der Waals surface area contributed by atoms with Crippen LogP contribution in [-0.2, 0) is 0 Å². The van der Waals surface area contributed by atoms with E-state index in [-0.39, 0.29) is 23.1 Å². The molecule has 0 amide bonds. The van der Waals surface area contributed by atoms with Crippen molar-refractivity contribution in [2.24, 2.45) is 0 Å². The molecule has 0 saturated carbocycles. The van der Waals surface area contributed by atoms with Crippen molar-refractivity contribution < 1.29 is 14.1 Å². The normalized spacial score (nSPS) is 10.1. The van der Waals surface area contributed by atoms with Crippen molar-refractivity contribution >= 4 is 17.3 Å². The predicted octanol–water partition coefficient (Wildman–Crippen LogP) is 3.18. The van der Waals surface area contributed by atoms with Crippen LogP contribution >= 0.6 is 11.6 Å². The molecule has 0 aliphatic heterocycles. The Morgan fingerprint density at radius 3 is 2.80 bits per heavy atom. The Morgan fingerprint density at radius 1 is 1.60 bits per heavy atom. The highest BCUT2D eigenvalue weighted by Gasteiger charge is 2.16. The standard InChI is InChI=1S/C9H9ClFNO3/c1-2-3-15-8-5-6(12(13)14)4-7(10)9(8)11/h4-5H,2-3H2,1H3. The molecule has 82 valence electrons. The molecule has 0 unspecified atom stereocenters. The molecule has 15 heavy (non-hydrogen) atoms. The molecule has 1 rings (SSSR count). The molecule has 0 atom stereocenters. The molecule has 1 aromatic rings. The Bertz CT molecular complexity index is 384. The first kappa shape index (κ1) is 11.7. The lowest BCUT2D eigenvalue weighted by Crippen LogP contribution is -1.99. The second-order valence-electron chi connectivity index (χ2n) is 2.85. The number of ether oxygens (including phenoxy) is 1. The highest BCUT2D eigenvalue weighted by molar-refractivity contribution is 6.31. The predicted molar refractivity (Wildman–Crippen MR) is 53.9 cm³/mol. The van der Waals surface area contributed by atoms with Gasteiger partial charge < -0.3 is 4.74 Å². The van der Waals surface area contributed by atoms with Gasteiger partial charge in [-0.1, -0.05) is 18.5 Å². The van der Waals surface area contributed by atoms with Crippen LogP contribution in [-0.4, -0.2) is 11.5 Å². The Balaban J connectivity index is 3.07. The quantitative estimate of drug-likeness (QED) is 0.593. The number of benzene rings is 1. The number of nitro groups is 1. The minimum absolute atomic E-state index is 0.184. The summed E-state index contributed by atoms with van der Waals surface area (Å²) < 4.78 is 18.3. The lowest BCUT2D eigenvalue weighted by molar-refractivity contribution is -0.385. The monoisotopic (exact) mass is 233 g/mol. The number of rotatable bonds is 4. The summed E-state index contributed by atoms with van der Waals surface area (Å²) in [5, 5.41) is 10.1. The second-order valence-corrected chi connectivity index (χ2v) is 3.25. The summed E-state index contributed by atoms with van der Waals surface area (Å²) in [5.74, 6) is -0.952. The van der Waals surface area contributed by atoms with Gasteiger partial charge in [-0.15, -0.1) is 0 Å². The maximum Gasteiger partial charge on any atom is 0.274 e. The minimum atomic E-state index is -0.768. The van der Waals surface area contributed by atoms with Gasteiger partial charge in [-0.2, -0.15) is 0 Å². The fraction of sp³-hybridized carbons (Fsp3) is 0.333. The Kier molecular flexibility index (Phi) is 3.85. The van der Waals surface area contributed by atoms with Crippen LogP contribution in [0.1, 0.15) is 13.3 Å². The number of nitrogens with zero attached hydrogens (tertiary/aromatic N) is 1. The summed E-state index contributed by atoms with van der Waals surface area (Å²) in [6.07, 6.45) is 0.680. The van der Waals surface area contributed by atoms with E-state index in [4.69, 9.17) is 16.3 Å². The van der Waals surface area contributed by atoms with Crippen molar-refractivity contribution in [2.45, 2.75) is 13.3 Å². The van der Waals surface area contributed by atoms with Crippen LogP contribution in [0.5, 0.6) is 5.75 Å². The number of nitro benzene ring substituents is 1. The van der Waals surface area contributed by atoms with E-state index < -0.39 is 10.7 Å². The molecule has 0 aliphatic carbocycles. The van der Waals surface area contributed by atoms with E-state index in [2.05, 4.69) is 0 Å². The summed E-state index contributed by atoms with van der Waals surface area (Å²) >= 11 is 5.48. The molecule has 0 N–H and O–H groups in total. The molecule has 0 aromatic heterocycles. The maximum absolute atomic E-state index is 13.3. The molecule has 0 saturated heterocycles. The fourth-order valence-electron chi connectivity index (χ4n) is 0.973. The van der Waals surface area contributed by atoms with Gasteiger partial charge in [0, 0.05) is 6.07 Å². The summed E-state index contributed by atoms with van der Waals surface area (Å²) in [6.45, 7) is 2.13. The molecular formula is C9H9ClFNO3. The second kappa shape index (κ2) is 4.93. The van der Waals surface area contributed by atoms with Gasteiger partial charge in [0.2, 0.25) is 0 Å². The third kappa shape index (κ3) is 2.79. The lowest BCUT2D eigenvalue weighted by Gasteiger charge is -2.06. The van der Waals surface area contributed by atoms with Gasteiger partial charge in [0.25, 0.3) is 5.69 Å². The summed E-state index contributed by atoms with van der Waals surface area (Å²) in [4.78, 5) is 9.81. The van der Waals surface area contributed by atoms with Gasteiger partial charge in [0.15, 0.2) is 11.6 Å². The van der Waals surface area contributed by atoms with E-state index in [1.165, 1.54) is 0 Å². The summed E-state index contributed by atoms with van der Waals surface area (Å²) in [5.41, 5.74) is -0.285. The van der Waals surface area contributed by atoms with Crippen molar-refractivity contribution in [3.8, 4) is 5.75 Å². The largest absolute Gasteiger partial charge is 0.490 e. The summed E-state index contributed by atoms with van der Waals surface area (Å²) in [7, 11) is 0. The number of non-ortho nitro benzene ring substituents is 1. The molecule has 0 aliphatic rings. The molecule has 0 fully saturated rings. The number of hydrogen-bond acceptors (Lipinski definition) is 3. The Labute approximate surface area is 90.8 Å². The molecule has 1 aromatic carbocycles. The first-order chi connectivity index (χ1) is 7.06. The maximum atomic E-state index is 13.3. The van der Waals surface area contributed by atoms with Gasteiger partial charge in [-0.3, -0.25) is 10.1 Å². The van der Waals surface area contributed by atoms with Gasteiger partial charge in [0.1, 0.15) is 0 Å². The van der Waals surface area contributed by atoms with Crippen LogP contribution in [0.15, 0.2) is 12.1 Å². The van der Waals surface area contributed by atoms with E-state index in [1.807, 2.05) is 6.92 Å². The van der Waals surface area contributed by atoms with Crippen molar-refractivity contribution in [3.05, 3.63) is 33.1 Å². The number of hydrogen-bond donors (Lipinski definition) is 0. The van der Waals surface area contributed by atoms with Crippen molar-refractivity contribution in [1.82, 2.24) is 0 Å². The molecule has 0 bridgehead atoms. The zero-order valence-corrected chi connectivity index (χ0v) is 8.75. The van der Waals surface area contributed by atoms with Crippen LogP contribution in [0, 0.1) is 15.9 Å². The van der Waals surface area contributed by atoms with Gasteiger partial charge in [-0.05, 0) is 6.42 Å². The Morgan fingerprint density at radius 2 is 2.27 bits per heavy atom. The van der Waals surface area contributed by atoms with Crippen LogP contribution in [0.4, 0.5) is 10.1 Å². The van der Waals surface area contributed by atoms with E-state index in [9.17, 15) is 14.5 Å². The van der Waals surface area contributed by atoms with Gasteiger partial charge in [0.05, 0.1) is 22.6 Å². The topological polar surface area (TPSA) is 52.4 Å². The molecule has 4 nitrogen and oxygen atoms in total.